The molecule has 0 atom stereocenters. The third-order valence-corrected chi connectivity index (χ3v) is 5.35. The number of carbonyl (C=O) groups excluding carboxylic acids is 1. The van der Waals surface area contributed by atoms with Crippen LogP contribution in [0.4, 0.5) is 11.4 Å². The first-order valence-corrected chi connectivity index (χ1v) is 9.75. The number of benzene rings is 2. The lowest BCUT2D eigenvalue weighted by molar-refractivity contribution is 0.102. The first-order valence-electron chi connectivity index (χ1n) is 7.52. The van der Waals surface area contributed by atoms with Crippen LogP contribution < -0.4 is 9.62 Å². The van der Waals surface area contributed by atoms with Crippen molar-refractivity contribution >= 4 is 38.9 Å². The van der Waals surface area contributed by atoms with Gasteiger partial charge in [-0.3, -0.25) is 9.10 Å². The van der Waals surface area contributed by atoms with Gasteiger partial charge in [0.2, 0.25) is 10.0 Å². The van der Waals surface area contributed by atoms with Crippen molar-refractivity contribution in [2.75, 3.05) is 22.4 Å². The van der Waals surface area contributed by atoms with Crippen molar-refractivity contribution in [2.24, 2.45) is 0 Å². The Kier molecular flexibility index (Phi) is 4.51. The van der Waals surface area contributed by atoms with E-state index in [0.29, 0.717) is 28.5 Å². The van der Waals surface area contributed by atoms with Gasteiger partial charge >= 0.3 is 0 Å². The molecular weight excluding hydrogens is 348 g/mol. The van der Waals surface area contributed by atoms with Crippen LogP contribution in [0.5, 0.6) is 0 Å². The van der Waals surface area contributed by atoms with Crippen LogP contribution in [0, 0.1) is 0 Å². The molecule has 0 saturated carbocycles. The Labute approximate surface area is 146 Å². The van der Waals surface area contributed by atoms with E-state index in [-0.39, 0.29) is 5.91 Å². The van der Waals surface area contributed by atoms with Gasteiger partial charge in [-0.05, 0) is 60.9 Å². The van der Waals surface area contributed by atoms with Gasteiger partial charge in [-0.1, -0.05) is 11.6 Å². The van der Waals surface area contributed by atoms with E-state index in [1.807, 2.05) is 0 Å². The molecule has 126 valence electrons. The molecule has 0 saturated heterocycles. The molecule has 0 fully saturated rings. The first-order chi connectivity index (χ1) is 11.3. The SMILES string of the molecule is CS(=O)(=O)N1CCCc2cc(C(=O)Nc3ccc(Cl)cc3)ccc21. The van der Waals surface area contributed by atoms with Gasteiger partial charge in [0.25, 0.3) is 5.91 Å². The molecule has 1 aliphatic rings. The summed E-state index contributed by atoms with van der Waals surface area (Å²) in [5, 5.41) is 3.40. The average molecular weight is 365 g/mol. The fourth-order valence-corrected chi connectivity index (χ4v) is 3.91. The van der Waals surface area contributed by atoms with E-state index in [0.717, 1.165) is 18.4 Å². The topological polar surface area (TPSA) is 66.5 Å². The number of nitrogens with zero attached hydrogens (tertiary/aromatic N) is 1. The summed E-state index contributed by atoms with van der Waals surface area (Å²) in [5.41, 5.74) is 2.68. The molecule has 2 aromatic rings. The molecule has 2 aromatic carbocycles. The van der Waals surface area contributed by atoms with Crippen molar-refractivity contribution in [1.29, 1.82) is 0 Å². The second-order valence-corrected chi connectivity index (χ2v) is 8.09. The monoisotopic (exact) mass is 364 g/mol. The van der Waals surface area contributed by atoms with E-state index in [9.17, 15) is 13.2 Å². The Hall–Kier alpha value is -2.05. The van der Waals surface area contributed by atoms with E-state index in [2.05, 4.69) is 5.32 Å². The molecule has 5 nitrogen and oxygen atoms in total. The van der Waals surface area contributed by atoms with E-state index < -0.39 is 10.0 Å². The molecule has 0 spiro atoms. The van der Waals surface area contributed by atoms with E-state index in [1.54, 1.807) is 42.5 Å². The number of anilines is 2. The number of sulfonamides is 1. The normalized spacial score (nSPS) is 14.2. The molecule has 1 N–H and O–H groups in total. The molecular formula is C17H17ClN2O3S. The van der Waals surface area contributed by atoms with Crippen LogP contribution in [0.3, 0.4) is 0 Å². The Morgan fingerprint density at radius 3 is 2.54 bits per heavy atom. The third-order valence-electron chi connectivity index (χ3n) is 3.92. The first kappa shape index (κ1) is 16.8. The summed E-state index contributed by atoms with van der Waals surface area (Å²) in [6.07, 6.45) is 2.69. The summed E-state index contributed by atoms with van der Waals surface area (Å²) >= 11 is 5.83. The summed E-state index contributed by atoms with van der Waals surface area (Å²) in [5.74, 6) is -0.239. The number of rotatable bonds is 3. The van der Waals surface area contributed by atoms with Crippen molar-refractivity contribution in [3.63, 3.8) is 0 Å². The molecule has 7 heteroatoms. The van der Waals surface area contributed by atoms with Crippen LogP contribution in [0.15, 0.2) is 42.5 Å². The van der Waals surface area contributed by atoms with Crippen LogP contribution in [0.25, 0.3) is 0 Å². The van der Waals surface area contributed by atoms with Crippen LogP contribution in [0.2, 0.25) is 5.02 Å². The van der Waals surface area contributed by atoms with Gasteiger partial charge in [-0.25, -0.2) is 8.42 Å². The molecule has 0 bridgehead atoms. The van der Waals surface area contributed by atoms with Crippen molar-refractivity contribution in [3.05, 3.63) is 58.6 Å². The number of hydrogen-bond donors (Lipinski definition) is 1. The maximum atomic E-state index is 12.4. The number of amides is 1. The summed E-state index contributed by atoms with van der Waals surface area (Å²) in [4.78, 5) is 12.4. The molecule has 1 aliphatic heterocycles. The fraction of sp³-hybridized carbons (Fsp3) is 0.235. The Bertz CT molecular complexity index is 879. The van der Waals surface area contributed by atoms with Gasteiger partial charge in [0.15, 0.2) is 0 Å². The minimum Gasteiger partial charge on any atom is -0.322 e. The molecule has 0 aliphatic carbocycles. The second-order valence-electron chi connectivity index (χ2n) is 5.74. The molecule has 0 radical (unpaired) electrons. The Morgan fingerprint density at radius 1 is 1.17 bits per heavy atom. The minimum absolute atomic E-state index is 0.239. The number of carbonyl (C=O) groups is 1. The third kappa shape index (κ3) is 3.55. The lowest BCUT2D eigenvalue weighted by Crippen LogP contribution is -2.34. The molecule has 1 amide bonds. The number of hydrogen-bond acceptors (Lipinski definition) is 3. The van der Waals surface area contributed by atoms with E-state index in [1.165, 1.54) is 10.6 Å². The number of fused-ring (bicyclic) bond motifs is 1. The van der Waals surface area contributed by atoms with Gasteiger partial charge < -0.3 is 5.32 Å². The predicted octanol–water partition coefficient (Wildman–Crippen LogP) is 3.30. The van der Waals surface area contributed by atoms with Crippen molar-refractivity contribution in [3.8, 4) is 0 Å². The number of nitrogens with one attached hydrogen (secondary N) is 1. The predicted molar refractivity (Wildman–Crippen MR) is 96.4 cm³/mol. The maximum Gasteiger partial charge on any atom is 0.255 e. The number of aryl methyl sites for hydroxylation is 1. The Balaban J connectivity index is 1.85. The zero-order valence-electron chi connectivity index (χ0n) is 13.1. The maximum absolute atomic E-state index is 12.4. The van der Waals surface area contributed by atoms with Crippen LogP contribution >= 0.6 is 11.6 Å². The van der Waals surface area contributed by atoms with Crippen molar-refractivity contribution in [2.45, 2.75) is 12.8 Å². The largest absolute Gasteiger partial charge is 0.322 e. The Morgan fingerprint density at radius 2 is 1.88 bits per heavy atom. The van der Waals surface area contributed by atoms with Crippen LogP contribution in [0.1, 0.15) is 22.3 Å². The highest BCUT2D eigenvalue weighted by atomic mass is 35.5. The lowest BCUT2D eigenvalue weighted by atomic mass is 10.0. The zero-order chi connectivity index (χ0) is 17.3. The molecule has 0 unspecified atom stereocenters. The molecule has 24 heavy (non-hydrogen) atoms. The standard InChI is InChI=1S/C17H17ClN2O3S/c1-24(22,23)20-10-2-3-12-11-13(4-9-16(12)20)17(21)19-15-7-5-14(18)6-8-15/h4-9,11H,2-3,10H2,1H3,(H,19,21). The van der Waals surface area contributed by atoms with Crippen molar-refractivity contribution < 1.29 is 13.2 Å². The summed E-state index contributed by atoms with van der Waals surface area (Å²) in [6, 6.07) is 12.0. The fourth-order valence-electron chi connectivity index (χ4n) is 2.78. The summed E-state index contributed by atoms with van der Waals surface area (Å²) < 4.78 is 25.1. The van der Waals surface area contributed by atoms with Gasteiger partial charge in [0, 0.05) is 22.8 Å². The highest BCUT2D eigenvalue weighted by Crippen LogP contribution is 2.30. The average Bonchev–Trinajstić information content (AvgIpc) is 2.55. The highest BCUT2D eigenvalue weighted by molar-refractivity contribution is 7.92. The highest BCUT2D eigenvalue weighted by Gasteiger charge is 2.24. The van der Waals surface area contributed by atoms with E-state index >= 15 is 0 Å². The smallest absolute Gasteiger partial charge is 0.255 e. The van der Waals surface area contributed by atoms with Crippen LogP contribution in [-0.4, -0.2) is 27.1 Å². The number of halogens is 1. The summed E-state index contributed by atoms with van der Waals surface area (Å²) in [6.45, 7) is 0.474. The molecule has 0 aromatic heterocycles. The van der Waals surface area contributed by atoms with Gasteiger partial charge in [0.05, 0.1) is 11.9 Å². The minimum atomic E-state index is -3.30. The molecule has 3 rings (SSSR count). The summed E-state index contributed by atoms with van der Waals surface area (Å²) in [7, 11) is -3.30. The lowest BCUT2D eigenvalue weighted by Gasteiger charge is -2.29. The van der Waals surface area contributed by atoms with Gasteiger partial charge in [0.1, 0.15) is 0 Å². The van der Waals surface area contributed by atoms with Crippen LogP contribution in [-0.2, 0) is 16.4 Å². The van der Waals surface area contributed by atoms with Gasteiger partial charge in [-0.2, -0.15) is 0 Å². The van der Waals surface area contributed by atoms with Crippen molar-refractivity contribution in [1.82, 2.24) is 0 Å². The zero-order valence-corrected chi connectivity index (χ0v) is 14.7. The van der Waals surface area contributed by atoms with Gasteiger partial charge in [-0.15, -0.1) is 0 Å². The van der Waals surface area contributed by atoms with E-state index in [4.69, 9.17) is 11.6 Å². The molecule has 1 heterocycles. The quantitative estimate of drug-likeness (QED) is 0.908. The second kappa shape index (κ2) is 6.45.